The number of benzene rings is 1. The summed E-state index contributed by atoms with van der Waals surface area (Å²) in [7, 11) is 1.77. The van der Waals surface area contributed by atoms with Crippen LogP contribution in [0.4, 0.5) is 17.5 Å². The van der Waals surface area contributed by atoms with Gasteiger partial charge in [-0.2, -0.15) is 10.4 Å². The molecule has 1 amide bonds. The van der Waals surface area contributed by atoms with Crippen molar-refractivity contribution in [3.8, 4) is 11.8 Å². The molecule has 1 saturated heterocycles. The number of piperidine rings is 1. The number of likely N-dealkylation sites (N-methyl/N-ethyl adjacent to an activating group) is 1. The van der Waals surface area contributed by atoms with Gasteiger partial charge in [0.15, 0.2) is 5.82 Å². The van der Waals surface area contributed by atoms with Gasteiger partial charge >= 0.3 is 0 Å². The second-order valence-corrected chi connectivity index (χ2v) is 8.77. The number of nitrogens with zero attached hydrogens (tertiary/aromatic N) is 4. The van der Waals surface area contributed by atoms with E-state index in [-0.39, 0.29) is 11.8 Å². The number of likely N-dealkylation sites (tertiary alicyclic amines) is 1. The number of amides is 1. The van der Waals surface area contributed by atoms with Crippen LogP contribution in [0, 0.1) is 18.3 Å². The topological polar surface area (TPSA) is 131 Å². The van der Waals surface area contributed by atoms with Crippen LogP contribution in [-0.4, -0.2) is 65.8 Å². The Hall–Kier alpha value is -4.10. The average Bonchev–Trinajstić information content (AvgIpc) is 3.31. The largest absolute Gasteiger partial charge is 0.492 e. The van der Waals surface area contributed by atoms with Crippen molar-refractivity contribution in [1.29, 1.82) is 5.26 Å². The lowest BCUT2D eigenvalue weighted by molar-refractivity contribution is -0.131. The lowest BCUT2D eigenvalue weighted by atomic mass is 9.87. The van der Waals surface area contributed by atoms with Crippen molar-refractivity contribution < 1.29 is 9.53 Å². The van der Waals surface area contributed by atoms with Crippen molar-refractivity contribution in [3.63, 3.8) is 0 Å². The zero-order chi connectivity index (χ0) is 25.3. The summed E-state index contributed by atoms with van der Waals surface area (Å²) >= 11 is 0. The summed E-state index contributed by atoms with van der Waals surface area (Å²) in [5.41, 5.74) is 2.38. The maximum Gasteiger partial charge on any atom is 0.236 e. The van der Waals surface area contributed by atoms with Crippen molar-refractivity contribution >= 4 is 23.4 Å². The fraction of sp³-hybridized carbons (Fsp3) is 0.385. The van der Waals surface area contributed by atoms with E-state index in [1.54, 1.807) is 7.05 Å². The number of hydrogen-bond acceptors (Lipinski definition) is 8. The van der Waals surface area contributed by atoms with E-state index in [9.17, 15) is 10.1 Å². The van der Waals surface area contributed by atoms with Crippen molar-refractivity contribution in [2.24, 2.45) is 0 Å². The summed E-state index contributed by atoms with van der Waals surface area (Å²) < 4.78 is 5.78. The Balaban J connectivity index is 1.53. The van der Waals surface area contributed by atoms with Gasteiger partial charge in [-0.1, -0.05) is 18.2 Å². The highest BCUT2D eigenvalue weighted by Gasteiger charge is 2.27. The summed E-state index contributed by atoms with van der Waals surface area (Å²) in [5, 5.41) is 26.7. The first kappa shape index (κ1) is 25.0. The number of H-pyrrole nitrogens is 1. The van der Waals surface area contributed by atoms with Crippen molar-refractivity contribution in [2.45, 2.75) is 25.7 Å². The molecule has 4 rings (SSSR count). The number of hydrogen-bond donors (Lipinski definition) is 4. The molecule has 36 heavy (non-hydrogen) atoms. The molecule has 10 heteroatoms. The predicted molar refractivity (Wildman–Crippen MR) is 138 cm³/mol. The molecule has 3 heterocycles. The molecular weight excluding hydrogens is 456 g/mol. The van der Waals surface area contributed by atoms with E-state index in [2.05, 4.69) is 37.2 Å². The van der Waals surface area contributed by atoms with Crippen LogP contribution in [0.5, 0.6) is 5.75 Å². The maximum absolute atomic E-state index is 12.3. The third-order valence-corrected chi connectivity index (χ3v) is 6.15. The third-order valence-electron chi connectivity index (χ3n) is 6.15. The van der Waals surface area contributed by atoms with Gasteiger partial charge in [0, 0.05) is 24.8 Å². The molecule has 2 aromatic heterocycles. The number of aromatic nitrogens is 3. The third kappa shape index (κ3) is 6.31. The van der Waals surface area contributed by atoms with Crippen molar-refractivity contribution in [2.75, 3.05) is 50.5 Å². The number of nitriles is 1. The quantitative estimate of drug-likeness (QED) is 0.320. The van der Waals surface area contributed by atoms with Gasteiger partial charge in [0.25, 0.3) is 0 Å². The Bertz CT molecular complexity index is 1200. The summed E-state index contributed by atoms with van der Waals surface area (Å²) in [6.45, 7) is 4.49. The van der Waals surface area contributed by atoms with Gasteiger partial charge in [-0.25, -0.2) is 4.98 Å². The van der Waals surface area contributed by atoms with E-state index in [1.807, 2.05) is 54.3 Å². The monoisotopic (exact) mass is 488 g/mol. The van der Waals surface area contributed by atoms with Crippen LogP contribution in [0.3, 0.4) is 0 Å². The lowest BCUT2D eigenvalue weighted by Gasteiger charge is -2.33. The van der Waals surface area contributed by atoms with Crippen LogP contribution in [0.2, 0.25) is 0 Å². The number of anilines is 3. The zero-order valence-electron chi connectivity index (χ0n) is 20.7. The number of aromatic amines is 1. The summed E-state index contributed by atoms with van der Waals surface area (Å²) in [5.74, 6) is 2.80. The van der Waals surface area contributed by atoms with Gasteiger partial charge in [0.05, 0.1) is 18.7 Å². The van der Waals surface area contributed by atoms with Gasteiger partial charge in [-0.15, -0.1) is 0 Å². The highest BCUT2D eigenvalue weighted by molar-refractivity contribution is 5.78. The van der Waals surface area contributed by atoms with E-state index < -0.39 is 0 Å². The number of nitrogens with one attached hydrogen (secondary N) is 4. The van der Waals surface area contributed by atoms with Crippen molar-refractivity contribution in [3.05, 3.63) is 59.3 Å². The molecule has 188 valence electrons. The molecule has 0 aliphatic carbocycles. The van der Waals surface area contributed by atoms with Gasteiger partial charge in [0.1, 0.15) is 30.1 Å². The van der Waals surface area contributed by atoms with E-state index in [0.29, 0.717) is 55.8 Å². The first-order valence-corrected chi connectivity index (χ1v) is 12.2. The minimum absolute atomic E-state index is 0.100. The molecule has 1 fully saturated rings. The predicted octanol–water partition coefficient (Wildman–Crippen LogP) is 3.14. The van der Waals surface area contributed by atoms with Crippen LogP contribution < -0.4 is 20.7 Å². The molecule has 0 bridgehead atoms. The number of aryl methyl sites for hydroxylation is 1. The van der Waals surface area contributed by atoms with Gasteiger partial charge in [0.2, 0.25) is 5.91 Å². The first-order valence-electron chi connectivity index (χ1n) is 12.2. The number of carbonyl (C=O) groups excluding carboxylic acids is 1. The second-order valence-electron chi connectivity index (χ2n) is 8.77. The normalized spacial score (nSPS) is 13.8. The highest BCUT2D eigenvalue weighted by atomic mass is 16.5. The molecule has 1 aromatic carbocycles. The molecule has 10 nitrogen and oxygen atoms in total. The first-order chi connectivity index (χ1) is 17.6. The fourth-order valence-electron chi connectivity index (χ4n) is 4.37. The molecule has 0 radical (unpaired) electrons. The molecular formula is C26H32N8O2. The molecule has 0 saturated carbocycles. The van der Waals surface area contributed by atoms with Crippen LogP contribution in [0.25, 0.3) is 0 Å². The van der Waals surface area contributed by atoms with Crippen LogP contribution >= 0.6 is 0 Å². The molecule has 0 unspecified atom stereocenters. The Labute approximate surface area is 211 Å². The zero-order valence-corrected chi connectivity index (χ0v) is 20.7. The van der Waals surface area contributed by atoms with Crippen LogP contribution in [0.15, 0.2) is 42.5 Å². The Morgan fingerprint density at radius 1 is 1.22 bits per heavy atom. The lowest BCUT2D eigenvalue weighted by Crippen LogP contribution is -2.42. The molecule has 0 spiro atoms. The SMILES string of the molecule is CNCC(=O)N1CCC(c2cc(Nc3cc(C)[nH]n3)nc(NCCOc3ccccc3)c2C#N)CC1. The van der Waals surface area contributed by atoms with E-state index in [4.69, 9.17) is 4.74 Å². The van der Waals surface area contributed by atoms with E-state index in [1.165, 1.54) is 0 Å². The van der Waals surface area contributed by atoms with Crippen molar-refractivity contribution in [1.82, 2.24) is 25.4 Å². The fourth-order valence-corrected chi connectivity index (χ4v) is 4.37. The van der Waals surface area contributed by atoms with Gasteiger partial charge < -0.3 is 25.6 Å². The smallest absolute Gasteiger partial charge is 0.236 e. The van der Waals surface area contributed by atoms with Gasteiger partial charge in [-0.3, -0.25) is 9.89 Å². The Morgan fingerprint density at radius 3 is 2.67 bits per heavy atom. The molecule has 1 aliphatic heterocycles. The highest BCUT2D eigenvalue weighted by Crippen LogP contribution is 2.35. The van der Waals surface area contributed by atoms with Gasteiger partial charge in [-0.05, 0) is 56.5 Å². The number of para-hydroxylation sites is 1. The summed E-state index contributed by atoms with van der Waals surface area (Å²) in [6.07, 6.45) is 1.57. The van der Waals surface area contributed by atoms with E-state index >= 15 is 0 Å². The number of rotatable bonds is 10. The Morgan fingerprint density at radius 2 is 2.00 bits per heavy atom. The van der Waals surface area contributed by atoms with Crippen LogP contribution in [-0.2, 0) is 4.79 Å². The average molecular weight is 489 g/mol. The molecule has 1 aliphatic rings. The summed E-state index contributed by atoms with van der Waals surface area (Å²) in [6, 6.07) is 15.8. The maximum atomic E-state index is 12.3. The standard InChI is InChI=1S/C26H32N8O2/c1-18-14-24(33-32-18)30-23-15-21(19-8-11-34(12-9-19)25(35)17-28-2)22(16-27)26(31-23)29-10-13-36-20-6-4-3-5-7-20/h3-7,14-15,19,28H,8-13,17H2,1-2H3,(H3,29,30,31,32,33). The number of carbonyl (C=O) groups is 1. The number of pyridine rings is 1. The van der Waals surface area contributed by atoms with E-state index in [0.717, 1.165) is 29.8 Å². The minimum atomic E-state index is 0.100. The minimum Gasteiger partial charge on any atom is -0.492 e. The molecule has 3 aromatic rings. The molecule has 4 N–H and O–H groups in total. The Kier molecular flexibility index (Phi) is 8.36. The second kappa shape index (κ2) is 12.0. The van der Waals surface area contributed by atoms with Crippen LogP contribution in [0.1, 0.15) is 35.6 Å². The number of ether oxygens (including phenoxy) is 1. The molecule has 0 atom stereocenters. The summed E-state index contributed by atoms with van der Waals surface area (Å²) in [4.78, 5) is 18.9.